The van der Waals surface area contributed by atoms with Gasteiger partial charge in [-0.1, -0.05) is 37.8 Å². The molecule has 0 spiro atoms. The van der Waals surface area contributed by atoms with Crippen molar-refractivity contribution in [1.29, 1.82) is 0 Å². The largest absolute Gasteiger partial charge is 0.491 e. The summed E-state index contributed by atoms with van der Waals surface area (Å²) in [7, 11) is 3.70. The van der Waals surface area contributed by atoms with Gasteiger partial charge in [-0.05, 0) is 39.1 Å². The van der Waals surface area contributed by atoms with E-state index < -0.39 is 5.97 Å². The molecular formula is C21H33FN2O4. The molecule has 0 heterocycles. The third-order valence-corrected chi connectivity index (χ3v) is 4.26. The first kappa shape index (κ1) is 23.9. The Morgan fingerprint density at radius 2 is 1.75 bits per heavy atom. The Hall–Kier alpha value is -2.15. The number of para-hydroxylation sites is 1. The number of likely N-dealkylation sites (N-methyl/N-ethyl adjacent to an activating group) is 1. The lowest BCUT2D eigenvalue weighted by molar-refractivity contribution is -0.137. The van der Waals surface area contributed by atoms with Gasteiger partial charge in [-0.3, -0.25) is 9.59 Å². The number of unbranched alkanes of at least 4 members (excludes halogenated alkanes) is 5. The van der Waals surface area contributed by atoms with Crippen molar-refractivity contribution in [2.24, 2.45) is 0 Å². The average Bonchev–Trinajstić information content (AvgIpc) is 2.60. The highest BCUT2D eigenvalue weighted by Crippen LogP contribution is 2.16. The first-order chi connectivity index (χ1) is 13.4. The molecule has 0 fully saturated rings. The number of carbonyl (C=O) groups excluding carboxylic acids is 1. The van der Waals surface area contributed by atoms with Crippen LogP contribution in [-0.2, 0) is 9.59 Å². The Bertz CT molecular complexity index is 596. The molecule has 1 aromatic carbocycles. The molecule has 2 N–H and O–H groups in total. The molecule has 0 aliphatic heterocycles. The Morgan fingerprint density at radius 1 is 1.11 bits per heavy atom. The molecule has 1 atom stereocenters. The zero-order valence-corrected chi connectivity index (χ0v) is 17.0. The van der Waals surface area contributed by atoms with Crippen molar-refractivity contribution in [3.63, 3.8) is 0 Å². The number of ether oxygens (including phenoxy) is 1. The van der Waals surface area contributed by atoms with E-state index in [9.17, 15) is 14.0 Å². The molecule has 28 heavy (non-hydrogen) atoms. The number of hydrogen-bond acceptors (Lipinski definition) is 4. The molecular weight excluding hydrogens is 363 g/mol. The summed E-state index contributed by atoms with van der Waals surface area (Å²) in [5, 5.41) is 11.7. The Kier molecular flexibility index (Phi) is 11.9. The van der Waals surface area contributed by atoms with E-state index in [1.54, 1.807) is 18.2 Å². The maximum atomic E-state index is 13.4. The summed E-state index contributed by atoms with van der Waals surface area (Å²) in [6, 6.07) is 6.03. The first-order valence-electron chi connectivity index (χ1n) is 9.91. The summed E-state index contributed by atoms with van der Waals surface area (Å²) in [6.45, 7) is 1.01. The molecule has 0 saturated heterocycles. The van der Waals surface area contributed by atoms with Crippen molar-refractivity contribution >= 4 is 11.9 Å². The summed E-state index contributed by atoms with van der Waals surface area (Å²) in [6.07, 6.45) is 6.05. The molecule has 1 amide bonds. The summed E-state index contributed by atoms with van der Waals surface area (Å²) in [4.78, 5) is 24.7. The van der Waals surface area contributed by atoms with Gasteiger partial charge in [-0.2, -0.15) is 0 Å². The van der Waals surface area contributed by atoms with Crippen LogP contribution in [0.4, 0.5) is 4.39 Å². The molecule has 0 aromatic heterocycles. The molecule has 1 aromatic rings. The van der Waals surface area contributed by atoms with Gasteiger partial charge in [0.2, 0.25) is 5.91 Å². The van der Waals surface area contributed by atoms with E-state index in [0.29, 0.717) is 25.3 Å². The third kappa shape index (κ3) is 11.5. The quantitative estimate of drug-likeness (QED) is 0.444. The highest BCUT2D eigenvalue weighted by molar-refractivity contribution is 5.77. The summed E-state index contributed by atoms with van der Waals surface area (Å²) in [5.41, 5.74) is 0. The maximum Gasteiger partial charge on any atom is 0.305 e. The summed E-state index contributed by atoms with van der Waals surface area (Å²) in [5.74, 6) is -1.04. The maximum absolute atomic E-state index is 13.4. The number of benzene rings is 1. The highest BCUT2D eigenvalue weighted by atomic mass is 19.1. The molecule has 0 unspecified atom stereocenters. The molecule has 7 heteroatoms. The second kappa shape index (κ2) is 13.9. The Balaban J connectivity index is 2.04. The average molecular weight is 397 g/mol. The van der Waals surface area contributed by atoms with Crippen LogP contribution >= 0.6 is 0 Å². The number of hydrogen-bond donors (Lipinski definition) is 2. The van der Waals surface area contributed by atoms with Gasteiger partial charge >= 0.3 is 5.97 Å². The van der Waals surface area contributed by atoms with Crippen LogP contribution in [-0.4, -0.2) is 55.2 Å². The third-order valence-electron chi connectivity index (χ3n) is 4.26. The molecule has 1 rings (SSSR count). The van der Waals surface area contributed by atoms with Gasteiger partial charge in [0, 0.05) is 13.0 Å². The zero-order valence-electron chi connectivity index (χ0n) is 17.0. The van der Waals surface area contributed by atoms with Crippen LogP contribution in [0.1, 0.15) is 51.4 Å². The lowest BCUT2D eigenvalue weighted by atomic mass is 10.1. The number of nitrogens with zero attached hydrogens (tertiary/aromatic N) is 1. The van der Waals surface area contributed by atoms with E-state index in [4.69, 9.17) is 9.84 Å². The van der Waals surface area contributed by atoms with E-state index in [0.717, 1.165) is 38.5 Å². The van der Waals surface area contributed by atoms with Crippen LogP contribution in [0.15, 0.2) is 24.3 Å². The van der Waals surface area contributed by atoms with Crippen molar-refractivity contribution < 1.29 is 23.8 Å². The Morgan fingerprint density at radius 3 is 2.39 bits per heavy atom. The number of halogens is 1. The normalized spacial score (nSPS) is 12.0. The minimum absolute atomic E-state index is 0.0706. The van der Waals surface area contributed by atoms with E-state index in [-0.39, 0.29) is 24.2 Å². The fourth-order valence-electron chi connectivity index (χ4n) is 2.95. The molecule has 6 nitrogen and oxygen atoms in total. The smallest absolute Gasteiger partial charge is 0.305 e. The van der Waals surface area contributed by atoms with Gasteiger partial charge < -0.3 is 20.1 Å². The van der Waals surface area contributed by atoms with Gasteiger partial charge in [0.05, 0.1) is 19.1 Å². The zero-order chi connectivity index (χ0) is 20.8. The molecule has 0 saturated carbocycles. The molecule has 0 aliphatic rings. The topological polar surface area (TPSA) is 78.9 Å². The van der Waals surface area contributed by atoms with Crippen molar-refractivity contribution in [3.05, 3.63) is 30.1 Å². The monoisotopic (exact) mass is 396 g/mol. The molecule has 0 bridgehead atoms. The predicted molar refractivity (Wildman–Crippen MR) is 107 cm³/mol. The second-order valence-corrected chi connectivity index (χ2v) is 7.27. The highest BCUT2D eigenvalue weighted by Gasteiger charge is 2.16. The molecule has 158 valence electrons. The predicted octanol–water partition coefficient (Wildman–Crippen LogP) is 3.46. The minimum atomic E-state index is -0.911. The van der Waals surface area contributed by atoms with Gasteiger partial charge in [0.1, 0.15) is 0 Å². The number of nitrogens with one attached hydrogen (secondary N) is 1. The SMILES string of the molecule is CN(C)C[C@@H](CC(=O)O)NC(=O)CCCCCCCCOc1ccccc1F. The van der Waals surface area contributed by atoms with Crippen LogP contribution in [0.5, 0.6) is 5.75 Å². The Labute approximate surface area is 167 Å². The molecule has 0 radical (unpaired) electrons. The van der Waals surface area contributed by atoms with Gasteiger partial charge in [-0.25, -0.2) is 4.39 Å². The van der Waals surface area contributed by atoms with Crippen LogP contribution in [0, 0.1) is 5.82 Å². The number of carboxylic acids is 1. The van der Waals surface area contributed by atoms with E-state index in [1.807, 2.05) is 19.0 Å². The van der Waals surface area contributed by atoms with Crippen molar-refractivity contribution in [1.82, 2.24) is 10.2 Å². The number of carboxylic acid groups (broad SMARTS) is 1. The number of carbonyl (C=O) groups is 2. The fraction of sp³-hybridized carbons (Fsp3) is 0.619. The fourth-order valence-corrected chi connectivity index (χ4v) is 2.95. The van der Waals surface area contributed by atoms with Crippen molar-refractivity contribution in [2.75, 3.05) is 27.2 Å². The van der Waals surface area contributed by atoms with Crippen LogP contribution < -0.4 is 10.1 Å². The standard InChI is InChI=1S/C21H33FN2O4/c1-24(2)16-17(15-21(26)27)23-20(25)13-7-5-3-4-6-10-14-28-19-12-9-8-11-18(19)22/h8-9,11-12,17H,3-7,10,13-16H2,1-2H3,(H,23,25)(H,26,27)/t17-/m1/s1. The second-order valence-electron chi connectivity index (χ2n) is 7.27. The van der Waals surface area contributed by atoms with Gasteiger partial charge in [-0.15, -0.1) is 0 Å². The number of rotatable bonds is 15. The lowest BCUT2D eigenvalue weighted by Gasteiger charge is -2.20. The van der Waals surface area contributed by atoms with Crippen molar-refractivity contribution in [3.8, 4) is 5.75 Å². The van der Waals surface area contributed by atoms with Crippen LogP contribution in [0.3, 0.4) is 0 Å². The van der Waals surface area contributed by atoms with Gasteiger partial charge in [0.15, 0.2) is 11.6 Å². The number of aliphatic carboxylic acids is 1. The van der Waals surface area contributed by atoms with E-state index in [1.165, 1.54) is 6.07 Å². The van der Waals surface area contributed by atoms with E-state index in [2.05, 4.69) is 5.32 Å². The van der Waals surface area contributed by atoms with E-state index >= 15 is 0 Å². The van der Waals surface area contributed by atoms with Crippen LogP contribution in [0.25, 0.3) is 0 Å². The van der Waals surface area contributed by atoms with Gasteiger partial charge in [0.25, 0.3) is 0 Å². The van der Waals surface area contributed by atoms with Crippen molar-refractivity contribution in [2.45, 2.75) is 57.4 Å². The van der Waals surface area contributed by atoms with Crippen LogP contribution in [0.2, 0.25) is 0 Å². The summed E-state index contributed by atoms with van der Waals surface area (Å²) < 4.78 is 18.8. The first-order valence-corrected chi connectivity index (χ1v) is 9.91. The molecule has 0 aliphatic carbocycles. The minimum Gasteiger partial charge on any atom is -0.491 e. The number of amides is 1. The lowest BCUT2D eigenvalue weighted by Crippen LogP contribution is -2.42. The summed E-state index contributed by atoms with van der Waals surface area (Å²) >= 11 is 0.